The molecule has 0 aromatic heterocycles. The molecule has 1 aliphatic heterocycles. The number of hydrogen-bond acceptors (Lipinski definition) is 2. The van der Waals surface area contributed by atoms with E-state index in [1.54, 1.807) is 0 Å². The first-order chi connectivity index (χ1) is 5.50. The molecular formula is C10H18O2. The van der Waals surface area contributed by atoms with Crippen LogP contribution in [0.25, 0.3) is 0 Å². The summed E-state index contributed by atoms with van der Waals surface area (Å²) in [5.41, 5.74) is -0.241. The van der Waals surface area contributed by atoms with Crippen molar-refractivity contribution in [1.29, 1.82) is 0 Å². The molecule has 0 bridgehead atoms. The number of cyclic esters (lactones) is 1. The van der Waals surface area contributed by atoms with E-state index in [1.165, 1.54) is 0 Å². The zero-order chi connectivity index (χ0) is 9.35. The third kappa shape index (κ3) is 1.35. The zero-order valence-corrected chi connectivity index (χ0v) is 8.39. The maximum absolute atomic E-state index is 11.0. The Balaban J connectivity index is 2.51. The molecule has 2 nitrogen and oxygen atoms in total. The second kappa shape index (κ2) is 3.08. The Morgan fingerprint density at radius 1 is 1.58 bits per heavy atom. The van der Waals surface area contributed by atoms with Crippen LogP contribution in [0.3, 0.4) is 0 Å². The highest BCUT2D eigenvalue weighted by atomic mass is 16.6. The number of hydrogen-bond donors (Lipinski definition) is 0. The fourth-order valence-corrected chi connectivity index (χ4v) is 1.91. The summed E-state index contributed by atoms with van der Waals surface area (Å²) in [7, 11) is 0. The fourth-order valence-electron chi connectivity index (χ4n) is 1.91. The number of carbonyl (C=O) groups excluding carboxylic acids is 1. The van der Waals surface area contributed by atoms with Crippen molar-refractivity contribution in [3.63, 3.8) is 0 Å². The first-order valence-electron chi connectivity index (χ1n) is 4.71. The third-order valence-electron chi connectivity index (χ3n) is 2.73. The van der Waals surface area contributed by atoms with Crippen LogP contribution in [-0.2, 0) is 9.53 Å². The van der Waals surface area contributed by atoms with Gasteiger partial charge in [-0.1, -0.05) is 20.3 Å². The van der Waals surface area contributed by atoms with Crippen molar-refractivity contribution in [3.05, 3.63) is 0 Å². The van der Waals surface area contributed by atoms with Crippen LogP contribution < -0.4 is 0 Å². The van der Waals surface area contributed by atoms with E-state index >= 15 is 0 Å². The van der Waals surface area contributed by atoms with Crippen LogP contribution in [0, 0.1) is 11.3 Å². The Hall–Kier alpha value is -0.530. The van der Waals surface area contributed by atoms with E-state index in [1.807, 2.05) is 13.8 Å². The van der Waals surface area contributed by atoms with Gasteiger partial charge in [0.15, 0.2) is 0 Å². The highest BCUT2D eigenvalue weighted by Gasteiger charge is 2.52. The number of ether oxygens (including phenoxy) is 1. The standard InChI is InChI=1S/C10H18O2/c1-5-6-7(2)8-10(3,4)9(11)12-8/h7-8H,5-6H2,1-4H3. The van der Waals surface area contributed by atoms with E-state index in [2.05, 4.69) is 13.8 Å². The predicted molar refractivity (Wildman–Crippen MR) is 47.7 cm³/mol. The molecular weight excluding hydrogens is 152 g/mol. The lowest BCUT2D eigenvalue weighted by Gasteiger charge is -2.45. The molecule has 2 heteroatoms. The van der Waals surface area contributed by atoms with Gasteiger partial charge in [-0.25, -0.2) is 0 Å². The number of carbonyl (C=O) groups is 1. The molecule has 2 atom stereocenters. The summed E-state index contributed by atoms with van der Waals surface area (Å²) < 4.78 is 5.13. The van der Waals surface area contributed by atoms with Crippen molar-refractivity contribution in [2.75, 3.05) is 0 Å². The largest absolute Gasteiger partial charge is 0.460 e. The molecule has 70 valence electrons. The Bertz CT molecular complexity index is 184. The first-order valence-corrected chi connectivity index (χ1v) is 4.71. The van der Waals surface area contributed by atoms with Gasteiger partial charge >= 0.3 is 5.97 Å². The Kier molecular flexibility index (Phi) is 2.45. The van der Waals surface area contributed by atoms with E-state index in [9.17, 15) is 4.79 Å². The third-order valence-corrected chi connectivity index (χ3v) is 2.73. The van der Waals surface area contributed by atoms with Gasteiger partial charge < -0.3 is 4.74 Å². The smallest absolute Gasteiger partial charge is 0.315 e. The molecule has 0 saturated carbocycles. The molecule has 1 aliphatic rings. The number of esters is 1. The lowest BCUT2D eigenvalue weighted by Crippen LogP contribution is -2.55. The minimum atomic E-state index is -0.241. The van der Waals surface area contributed by atoms with E-state index < -0.39 is 0 Å². The van der Waals surface area contributed by atoms with Crippen LogP contribution in [0.15, 0.2) is 0 Å². The Morgan fingerprint density at radius 3 is 2.50 bits per heavy atom. The van der Waals surface area contributed by atoms with Crippen LogP contribution in [0.1, 0.15) is 40.5 Å². The van der Waals surface area contributed by atoms with Crippen molar-refractivity contribution in [1.82, 2.24) is 0 Å². The minimum Gasteiger partial charge on any atom is -0.460 e. The number of rotatable bonds is 3. The maximum Gasteiger partial charge on any atom is 0.315 e. The van der Waals surface area contributed by atoms with Crippen LogP contribution in [0.4, 0.5) is 0 Å². The molecule has 1 fully saturated rings. The summed E-state index contributed by atoms with van der Waals surface area (Å²) >= 11 is 0. The molecule has 12 heavy (non-hydrogen) atoms. The zero-order valence-electron chi connectivity index (χ0n) is 8.39. The van der Waals surface area contributed by atoms with Gasteiger partial charge in [0.25, 0.3) is 0 Å². The van der Waals surface area contributed by atoms with Gasteiger partial charge in [0, 0.05) is 0 Å². The quantitative estimate of drug-likeness (QED) is 0.608. The van der Waals surface area contributed by atoms with Gasteiger partial charge in [0.2, 0.25) is 0 Å². The Labute approximate surface area is 74.3 Å². The maximum atomic E-state index is 11.0. The predicted octanol–water partition coefficient (Wildman–Crippen LogP) is 2.37. The van der Waals surface area contributed by atoms with Crippen molar-refractivity contribution >= 4 is 5.97 Å². The summed E-state index contributed by atoms with van der Waals surface area (Å²) in [4.78, 5) is 11.0. The van der Waals surface area contributed by atoms with E-state index in [0.717, 1.165) is 12.8 Å². The average Bonchev–Trinajstić information content (AvgIpc) is 2.00. The van der Waals surface area contributed by atoms with Crippen molar-refractivity contribution in [3.8, 4) is 0 Å². The van der Waals surface area contributed by atoms with Gasteiger partial charge in [-0.2, -0.15) is 0 Å². The average molecular weight is 170 g/mol. The molecule has 1 saturated heterocycles. The Morgan fingerprint density at radius 2 is 2.17 bits per heavy atom. The minimum absolute atomic E-state index is 0.0459. The normalized spacial score (nSPS) is 29.0. The lowest BCUT2D eigenvalue weighted by molar-refractivity contribution is -0.209. The summed E-state index contributed by atoms with van der Waals surface area (Å²) in [6, 6.07) is 0. The highest BCUT2D eigenvalue weighted by Crippen LogP contribution is 2.40. The van der Waals surface area contributed by atoms with Gasteiger partial charge in [-0.3, -0.25) is 4.79 Å². The topological polar surface area (TPSA) is 26.3 Å². The summed E-state index contributed by atoms with van der Waals surface area (Å²) in [5, 5.41) is 0. The molecule has 0 aromatic rings. The van der Waals surface area contributed by atoms with Gasteiger partial charge in [-0.05, 0) is 26.2 Å². The first kappa shape index (κ1) is 9.56. The van der Waals surface area contributed by atoms with Crippen molar-refractivity contribution < 1.29 is 9.53 Å². The SMILES string of the molecule is CCCC(C)C1OC(=O)C1(C)C. The molecule has 0 N–H and O–H groups in total. The van der Waals surface area contributed by atoms with Crippen LogP contribution in [-0.4, -0.2) is 12.1 Å². The molecule has 0 radical (unpaired) electrons. The summed E-state index contributed by atoms with van der Waals surface area (Å²) in [6.07, 6.45) is 2.44. The molecule has 1 rings (SSSR count). The van der Waals surface area contributed by atoms with E-state index in [-0.39, 0.29) is 17.5 Å². The highest BCUT2D eigenvalue weighted by molar-refractivity contribution is 5.82. The van der Waals surface area contributed by atoms with E-state index in [0.29, 0.717) is 5.92 Å². The van der Waals surface area contributed by atoms with Gasteiger partial charge in [0.1, 0.15) is 6.10 Å². The van der Waals surface area contributed by atoms with E-state index in [4.69, 9.17) is 4.74 Å². The van der Waals surface area contributed by atoms with Gasteiger partial charge in [-0.15, -0.1) is 0 Å². The van der Waals surface area contributed by atoms with Crippen molar-refractivity contribution in [2.24, 2.45) is 11.3 Å². The summed E-state index contributed by atoms with van der Waals surface area (Å²) in [6.45, 7) is 8.25. The molecule has 1 heterocycles. The molecule has 0 amide bonds. The molecule has 0 aliphatic carbocycles. The van der Waals surface area contributed by atoms with Crippen LogP contribution in [0.5, 0.6) is 0 Å². The fraction of sp³-hybridized carbons (Fsp3) is 0.900. The molecule has 2 unspecified atom stereocenters. The monoisotopic (exact) mass is 170 g/mol. The molecule has 0 aromatic carbocycles. The molecule has 0 spiro atoms. The lowest BCUT2D eigenvalue weighted by atomic mass is 9.74. The van der Waals surface area contributed by atoms with Crippen LogP contribution >= 0.6 is 0 Å². The van der Waals surface area contributed by atoms with Crippen molar-refractivity contribution in [2.45, 2.75) is 46.6 Å². The van der Waals surface area contributed by atoms with Crippen LogP contribution in [0.2, 0.25) is 0 Å². The summed E-state index contributed by atoms with van der Waals surface area (Å²) in [5.74, 6) is 0.457. The van der Waals surface area contributed by atoms with Gasteiger partial charge in [0.05, 0.1) is 5.41 Å². The second-order valence-corrected chi connectivity index (χ2v) is 4.31. The second-order valence-electron chi connectivity index (χ2n) is 4.31.